The Labute approximate surface area is 133 Å². The summed E-state index contributed by atoms with van der Waals surface area (Å²) in [4.78, 5) is 17.2. The molecule has 3 nitrogen and oxygen atoms in total. The lowest BCUT2D eigenvalue weighted by Crippen LogP contribution is -2.13. The van der Waals surface area contributed by atoms with Crippen LogP contribution in [-0.4, -0.2) is 10.5 Å². The Morgan fingerprint density at radius 1 is 1.18 bits per heavy atom. The molecule has 0 aliphatic carbocycles. The van der Waals surface area contributed by atoms with E-state index in [0.717, 1.165) is 21.4 Å². The maximum absolute atomic E-state index is 12.1. The molecule has 112 valence electrons. The smallest absolute Gasteiger partial charge is 0.248 e. The van der Waals surface area contributed by atoms with Crippen LogP contribution in [0.5, 0.6) is 0 Å². The first-order valence-electron chi connectivity index (χ1n) is 7.31. The van der Waals surface area contributed by atoms with Crippen LogP contribution in [0.2, 0.25) is 0 Å². The van der Waals surface area contributed by atoms with Gasteiger partial charge in [-0.05, 0) is 36.6 Å². The Balaban J connectivity index is 1.82. The van der Waals surface area contributed by atoms with Crippen molar-refractivity contribution in [1.29, 1.82) is 0 Å². The summed E-state index contributed by atoms with van der Waals surface area (Å²) in [5.41, 5.74) is 3.50. The number of hydrogen-bond donors (Lipinski definition) is 0. The molecule has 0 radical (unpaired) electrons. The molecule has 0 saturated heterocycles. The molecule has 0 unspecified atom stereocenters. The molecule has 0 spiro atoms. The van der Waals surface area contributed by atoms with Crippen molar-refractivity contribution in [3.8, 4) is 0 Å². The van der Waals surface area contributed by atoms with Gasteiger partial charge in [0.05, 0.1) is 10.2 Å². The molecule has 0 saturated carbocycles. The number of benzene rings is 2. The van der Waals surface area contributed by atoms with Crippen molar-refractivity contribution >= 4 is 27.5 Å². The van der Waals surface area contributed by atoms with Crippen molar-refractivity contribution < 1.29 is 4.79 Å². The topological polar surface area (TPSA) is 34.4 Å². The number of amides is 1. The summed E-state index contributed by atoms with van der Waals surface area (Å²) in [6, 6.07) is 16.3. The van der Waals surface area contributed by atoms with Crippen LogP contribution in [0, 0.1) is 6.92 Å². The average Bonchev–Trinajstić information content (AvgIpc) is 2.82. The van der Waals surface area contributed by atoms with Crippen LogP contribution in [0.3, 0.4) is 0 Å². The van der Waals surface area contributed by atoms with Gasteiger partial charge in [-0.25, -0.2) is 0 Å². The van der Waals surface area contributed by atoms with Gasteiger partial charge in [0.25, 0.3) is 0 Å². The minimum absolute atomic E-state index is 0.0669. The van der Waals surface area contributed by atoms with Gasteiger partial charge < -0.3 is 4.57 Å². The van der Waals surface area contributed by atoms with E-state index in [9.17, 15) is 4.79 Å². The zero-order valence-corrected chi connectivity index (χ0v) is 13.6. The lowest BCUT2D eigenvalue weighted by molar-refractivity contribution is -0.118. The van der Waals surface area contributed by atoms with Crippen LogP contribution in [0.25, 0.3) is 10.2 Å². The normalized spacial score (nSPS) is 12.0. The highest BCUT2D eigenvalue weighted by molar-refractivity contribution is 7.16. The molecule has 0 aliphatic rings. The number of hydrogen-bond acceptors (Lipinski definition) is 2. The Hall–Kier alpha value is -2.20. The standard InChI is InChI=1S/C18H18N2OS/c1-13-8-10-15-16(12-13)22-18(20(15)2)19-17(21)11-9-14-6-4-3-5-7-14/h3-8,10,12H,9,11H2,1-2H3. The van der Waals surface area contributed by atoms with E-state index < -0.39 is 0 Å². The molecular formula is C18H18N2OS. The molecule has 0 aliphatic heterocycles. The van der Waals surface area contributed by atoms with Crippen molar-refractivity contribution in [2.75, 3.05) is 0 Å². The monoisotopic (exact) mass is 310 g/mol. The lowest BCUT2D eigenvalue weighted by atomic mass is 10.1. The second-order valence-electron chi connectivity index (χ2n) is 5.41. The Bertz CT molecular complexity index is 875. The van der Waals surface area contributed by atoms with Crippen LogP contribution in [0.4, 0.5) is 0 Å². The fourth-order valence-electron chi connectivity index (χ4n) is 2.41. The number of thiazole rings is 1. The minimum atomic E-state index is -0.0669. The molecule has 0 bridgehead atoms. The maximum atomic E-state index is 12.1. The van der Waals surface area contributed by atoms with Crippen LogP contribution in [-0.2, 0) is 18.3 Å². The molecule has 0 atom stereocenters. The third-order valence-electron chi connectivity index (χ3n) is 3.66. The number of rotatable bonds is 3. The average molecular weight is 310 g/mol. The van der Waals surface area contributed by atoms with E-state index in [1.807, 2.05) is 41.9 Å². The van der Waals surface area contributed by atoms with Gasteiger partial charge in [0.2, 0.25) is 5.91 Å². The highest BCUT2D eigenvalue weighted by atomic mass is 32.1. The predicted octanol–water partition coefficient (Wildman–Crippen LogP) is 3.61. The SMILES string of the molecule is Cc1ccc2c(c1)sc(=NC(=O)CCc1ccccc1)n2C. The maximum Gasteiger partial charge on any atom is 0.248 e. The third kappa shape index (κ3) is 3.17. The van der Waals surface area contributed by atoms with Gasteiger partial charge in [0, 0.05) is 13.5 Å². The molecule has 0 N–H and O–H groups in total. The molecule has 2 aromatic carbocycles. The zero-order chi connectivity index (χ0) is 15.5. The Morgan fingerprint density at radius 2 is 1.95 bits per heavy atom. The van der Waals surface area contributed by atoms with Gasteiger partial charge in [-0.3, -0.25) is 4.79 Å². The molecule has 0 fully saturated rings. The van der Waals surface area contributed by atoms with Gasteiger partial charge in [0.15, 0.2) is 4.80 Å². The van der Waals surface area contributed by atoms with Crippen LogP contribution in [0.1, 0.15) is 17.5 Å². The van der Waals surface area contributed by atoms with Crippen LogP contribution < -0.4 is 4.80 Å². The molecule has 3 aromatic rings. The first kappa shape index (κ1) is 14.7. The fraction of sp³-hybridized carbons (Fsp3) is 0.222. The number of fused-ring (bicyclic) bond motifs is 1. The molecular weight excluding hydrogens is 292 g/mol. The van der Waals surface area contributed by atoms with Gasteiger partial charge >= 0.3 is 0 Å². The number of aryl methyl sites for hydroxylation is 3. The number of carbonyl (C=O) groups is 1. The van der Waals surface area contributed by atoms with Crippen LogP contribution >= 0.6 is 11.3 Å². The van der Waals surface area contributed by atoms with Crippen molar-refractivity contribution in [3.05, 3.63) is 64.5 Å². The van der Waals surface area contributed by atoms with E-state index in [1.165, 1.54) is 11.1 Å². The van der Waals surface area contributed by atoms with Crippen molar-refractivity contribution in [2.24, 2.45) is 12.0 Å². The van der Waals surface area contributed by atoms with E-state index in [1.54, 1.807) is 11.3 Å². The van der Waals surface area contributed by atoms with Crippen molar-refractivity contribution in [3.63, 3.8) is 0 Å². The van der Waals surface area contributed by atoms with Crippen molar-refractivity contribution in [2.45, 2.75) is 19.8 Å². The second kappa shape index (κ2) is 6.28. The first-order valence-corrected chi connectivity index (χ1v) is 8.13. The number of carbonyl (C=O) groups excluding carboxylic acids is 1. The summed E-state index contributed by atoms with van der Waals surface area (Å²) in [5.74, 6) is -0.0669. The molecule has 4 heteroatoms. The van der Waals surface area contributed by atoms with Gasteiger partial charge in [-0.2, -0.15) is 4.99 Å². The van der Waals surface area contributed by atoms with E-state index in [-0.39, 0.29) is 5.91 Å². The first-order chi connectivity index (χ1) is 10.6. The molecule has 1 amide bonds. The number of aromatic nitrogens is 1. The van der Waals surface area contributed by atoms with Gasteiger partial charge in [-0.15, -0.1) is 0 Å². The third-order valence-corrected chi connectivity index (χ3v) is 4.75. The predicted molar refractivity (Wildman–Crippen MR) is 90.9 cm³/mol. The quantitative estimate of drug-likeness (QED) is 0.727. The Morgan fingerprint density at radius 3 is 2.73 bits per heavy atom. The molecule has 1 aromatic heterocycles. The lowest BCUT2D eigenvalue weighted by Gasteiger charge is -1.98. The second-order valence-corrected chi connectivity index (χ2v) is 6.42. The van der Waals surface area contributed by atoms with Crippen molar-refractivity contribution in [1.82, 2.24) is 4.57 Å². The summed E-state index contributed by atoms with van der Waals surface area (Å²) in [5, 5.41) is 0. The summed E-state index contributed by atoms with van der Waals surface area (Å²) in [6.45, 7) is 2.07. The molecule has 22 heavy (non-hydrogen) atoms. The highest BCUT2D eigenvalue weighted by Gasteiger charge is 2.05. The van der Waals surface area contributed by atoms with E-state index in [0.29, 0.717) is 6.42 Å². The molecule has 1 heterocycles. The van der Waals surface area contributed by atoms with Crippen LogP contribution in [0.15, 0.2) is 53.5 Å². The fourth-order valence-corrected chi connectivity index (χ4v) is 3.54. The summed E-state index contributed by atoms with van der Waals surface area (Å²) in [6.07, 6.45) is 1.17. The summed E-state index contributed by atoms with van der Waals surface area (Å²) >= 11 is 1.56. The zero-order valence-electron chi connectivity index (χ0n) is 12.7. The summed E-state index contributed by atoms with van der Waals surface area (Å²) < 4.78 is 3.15. The van der Waals surface area contributed by atoms with E-state index in [4.69, 9.17) is 0 Å². The van der Waals surface area contributed by atoms with E-state index in [2.05, 4.69) is 30.1 Å². The highest BCUT2D eigenvalue weighted by Crippen LogP contribution is 2.17. The van der Waals surface area contributed by atoms with Gasteiger partial charge in [-0.1, -0.05) is 47.7 Å². The minimum Gasteiger partial charge on any atom is -0.319 e. The summed E-state index contributed by atoms with van der Waals surface area (Å²) in [7, 11) is 1.96. The van der Waals surface area contributed by atoms with E-state index >= 15 is 0 Å². The number of nitrogens with zero attached hydrogens (tertiary/aromatic N) is 2. The van der Waals surface area contributed by atoms with Gasteiger partial charge in [0.1, 0.15) is 0 Å². The molecule has 3 rings (SSSR count). The Kier molecular flexibility index (Phi) is 4.20. The largest absolute Gasteiger partial charge is 0.319 e.